The summed E-state index contributed by atoms with van der Waals surface area (Å²) in [5.41, 5.74) is 2.75. The zero-order valence-corrected chi connectivity index (χ0v) is 14.4. The van der Waals surface area contributed by atoms with E-state index in [2.05, 4.69) is 22.4 Å². The largest absolute Gasteiger partial charge is 0.352 e. The molecule has 2 amide bonds. The van der Waals surface area contributed by atoms with Crippen LogP contribution in [-0.2, 0) is 11.2 Å². The Hall–Kier alpha value is -2.69. The first-order valence-electron chi connectivity index (χ1n) is 8.63. The second-order valence-corrected chi connectivity index (χ2v) is 6.61. The molecule has 1 aromatic heterocycles. The summed E-state index contributed by atoms with van der Waals surface area (Å²) in [6, 6.07) is 12.0. The van der Waals surface area contributed by atoms with Crippen LogP contribution in [0.3, 0.4) is 0 Å². The first-order valence-corrected chi connectivity index (χ1v) is 8.63. The van der Waals surface area contributed by atoms with E-state index in [9.17, 15) is 9.59 Å². The maximum Gasteiger partial charge on any atom is 0.252 e. The van der Waals surface area contributed by atoms with Gasteiger partial charge >= 0.3 is 0 Å². The van der Waals surface area contributed by atoms with Gasteiger partial charge in [-0.2, -0.15) is 0 Å². The number of benzene rings is 1. The standard InChI is InChI=1S/C20H23N3O2/c1-15-9-18(13-21-11-15)20(25)22-12-17-10-19(24)23(14-17)8-7-16-5-3-2-4-6-16/h2-6,9,11,13,17H,7-8,10,12,14H2,1H3,(H,22,25)/t17-/m1/s1. The van der Waals surface area contributed by atoms with Crippen LogP contribution in [0.1, 0.15) is 27.9 Å². The third-order valence-electron chi connectivity index (χ3n) is 4.50. The number of carbonyl (C=O) groups excluding carboxylic acids is 2. The molecule has 5 heteroatoms. The Balaban J connectivity index is 1.47. The Labute approximate surface area is 148 Å². The van der Waals surface area contributed by atoms with Crippen molar-refractivity contribution < 1.29 is 9.59 Å². The van der Waals surface area contributed by atoms with Crippen molar-refractivity contribution in [2.24, 2.45) is 5.92 Å². The molecule has 1 N–H and O–H groups in total. The molecule has 1 aliphatic rings. The predicted molar refractivity (Wildman–Crippen MR) is 96.1 cm³/mol. The molecule has 1 fully saturated rings. The monoisotopic (exact) mass is 337 g/mol. The Morgan fingerprint density at radius 2 is 2.08 bits per heavy atom. The molecule has 130 valence electrons. The summed E-state index contributed by atoms with van der Waals surface area (Å²) in [6.07, 6.45) is 4.65. The van der Waals surface area contributed by atoms with Gasteiger partial charge in [-0.3, -0.25) is 14.6 Å². The van der Waals surface area contributed by atoms with E-state index in [0.29, 0.717) is 25.1 Å². The summed E-state index contributed by atoms with van der Waals surface area (Å²) in [6.45, 7) is 3.86. The molecule has 0 radical (unpaired) electrons. The topological polar surface area (TPSA) is 62.3 Å². The molecule has 0 bridgehead atoms. The fraction of sp³-hybridized carbons (Fsp3) is 0.350. The van der Waals surface area contributed by atoms with Crippen molar-refractivity contribution in [2.75, 3.05) is 19.6 Å². The van der Waals surface area contributed by atoms with Crippen LogP contribution in [0.4, 0.5) is 0 Å². The number of hydrogen-bond acceptors (Lipinski definition) is 3. The third kappa shape index (κ3) is 4.66. The third-order valence-corrected chi connectivity index (χ3v) is 4.50. The second-order valence-electron chi connectivity index (χ2n) is 6.61. The highest BCUT2D eigenvalue weighted by molar-refractivity contribution is 5.94. The number of amides is 2. The molecule has 0 aliphatic carbocycles. The molecule has 0 unspecified atom stereocenters. The summed E-state index contributed by atoms with van der Waals surface area (Å²) in [7, 11) is 0. The number of likely N-dealkylation sites (tertiary alicyclic amines) is 1. The summed E-state index contributed by atoms with van der Waals surface area (Å²) >= 11 is 0. The minimum absolute atomic E-state index is 0.133. The lowest BCUT2D eigenvalue weighted by Crippen LogP contribution is -2.32. The number of nitrogens with zero attached hydrogens (tertiary/aromatic N) is 2. The number of pyridine rings is 1. The van der Waals surface area contributed by atoms with Gasteiger partial charge < -0.3 is 10.2 Å². The van der Waals surface area contributed by atoms with Crippen molar-refractivity contribution in [2.45, 2.75) is 19.8 Å². The molecule has 1 saturated heterocycles. The van der Waals surface area contributed by atoms with Gasteiger partial charge in [-0.1, -0.05) is 30.3 Å². The zero-order chi connectivity index (χ0) is 17.6. The van der Waals surface area contributed by atoms with Crippen LogP contribution in [0.5, 0.6) is 0 Å². The van der Waals surface area contributed by atoms with Gasteiger partial charge in [0.15, 0.2) is 0 Å². The molecule has 0 saturated carbocycles. The van der Waals surface area contributed by atoms with E-state index >= 15 is 0 Å². The predicted octanol–water partition coefficient (Wildman–Crippen LogP) is 2.21. The molecule has 2 aromatic rings. The Morgan fingerprint density at radius 3 is 2.84 bits per heavy atom. The summed E-state index contributed by atoms with van der Waals surface area (Å²) in [5.74, 6) is 0.212. The van der Waals surface area contributed by atoms with Gasteiger partial charge in [0.25, 0.3) is 5.91 Å². The highest BCUT2D eigenvalue weighted by Gasteiger charge is 2.29. The first-order chi connectivity index (χ1) is 12.1. The van der Waals surface area contributed by atoms with E-state index in [-0.39, 0.29) is 17.7 Å². The highest BCUT2D eigenvalue weighted by atomic mass is 16.2. The summed E-state index contributed by atoms with van der Waals surface area (Å²) < 4.78 is 0. The van der Waals surface area contributed by atoms with Crippen LogP contribution >= 0.6 is 0 Å². The quantitative estimate of drug-likeness (QED) is 0.879. The fourth-order valence-electron chi connectivity index (χ4n) is 3.13. The highest BCUT2D eigenvalue weighted by Crippen LogP contribution is 2.18. The van der Waals surface area contributed by atoms with E-state index in [1.54, 1.807) is 12.4 Å². The van der Waals surface area contributed by atoms with Crippen LogP contribution in [0, 0.1) is 12.8 Å². The van der Waals surface area contributed by atoms with E-state index in [0.717, 1.165) is 18.5 Å². The van der Waals surface area contributed by atoms with Crippen LogP contribution in [0.2, 0.25) is 0 Å². The van der Waals surface area contributed by atoms with Gasteiger partial charge in [0.1, 0.15) is 0 Å². The van der Waals surface area contributed by atoms with Crippen LogP contribution in [-0.4, -0.2) is 41.3 Å². The van der Waals surface area contributed by atoms with Gasteiger partial charge in [0.05, 0.1) is 5.56 Å². The minimum atomic E-state index is -0.133. The Morgan fingerprint density at radius 1 is 1.28 bits per heavy atom. The fourth-order valence-corrected chi connectivity index (χ4v) is 3.13. The molecule has 2 heterocycles. The molecular weight excluding hydrogens is 314 g/mol. The number of rotatable bonds is 6. The second kappa shape index (κ2) is 7.92. The number of carbonyl (C=O) groups is 2. The Kier molecular flexibility index (Phi) is 5.43. The molecule has 1 aliphatic heterocycles. The van der Waals surface area contributed by atoms with E-state index in [1.165, 1.54) is 5.56 Å². The Bertz CT molecular complexity index is 746. The lowest BCUT2D eigenvalue weighted by Gasteiger charge is -2.17. The molecule has 5 nitrogen and oxygen atoms in total. The van der Waals surface area contributed by atoms with E-state index in [4.69, 9.17) is 0 Å². The number of aryl methyl sites for hydroxylation is 1. The molecule has 1 aromatic carbocycles. The summed E-state index contributed by atoms with van der Waals surface area (Å²) in [4.78, 5) is 30.3. The van der Waals surface area contributed by atoms with Crippen molar-refractivity contribution in [3.8, 4) is 0 Å². The van der Waals surface area contributed by atoms with Crippen molar-refractivity contribution in [1.29, 1.82) is 0 Å². The van der Waals surface area contributed by atoms with Crippen LogP contribution in [0.15, 0.2) is 48.8 Å². The number of hydrogen-bond donors (Lipinski definition) is 1. The lowest BCUT2D eigenvalue weighted by atomic mass is 10.1. The smallest absolute Gasteiger partial charge is 0.252 e. The SMILES string of the molecule is Cc1cncc(C(=O)NC[C@H]2CC(=O)N(CCc3ccccc3)C2)c1. The molecular formula is C20H23N3O2. The minimum Gasteiger partial charge on any atom is -0.352 e. The zero-order valence-electron chi connectivity index (χ0n) is 14.4. The van der Waals surface area contributed by atoms with Gasteiger partial charge in [0, 0.05) is 44.4 Å². The first kappa shape index (κ1) is 17.1. The van der Waals surface area contributed by atoms with E-state index < -0.39 is 0 Å². The lowest BCUT2D eigenvalue weighted by molar-refractivity contribution is -0.127. The van der Waals surface area contributed by atoms with Crippen molar-refractivity contribution >= 4 is 11.8 Å². The summed E-state index contributed by atoms with van der Waals surface area (Å²) in [5, 5.41) is 2.93. The van der Waals surface area contributed by atoms with Gasteiger partial charge in [-0.15, -0.1) is 0 Å². The average Bonchev–Trinajstić information content (AvgIpc) is 2.98. The normalized spacial score (nSPS) is 16.9. The molecule has 1 atom stereocenters. The molecule has 0 spiro atoms. The molecule has 3 rings (SSSR count). The van der Waals surface area contributed by atoms with Crippen molar-refractivity contribution in [3.63, 3.8) is 0 Å². The van der Waals surface area contributed by atoms with Crippen molar-refractivity contribution in [3.05, 3.63) is 65.5 Å². The van der Waals surface area contributed by atoms with E-state index in [1.807, 2.05) is 36.1 Å². The maximum absolute atomic E-state index is 12.2. The van der Waals surface area contributed by atoms with Crippen LogP contribution in [0.25, 0.3) is 0 Å². The van der Waals surface area contributed by atoms with Crippen molar-refractivity contribution in [1.82, 2.24) is 15.2 Å². The molecule has 25 heavy (non-hydrogen) atoms. The number of nitrogens with one attached hydrogen (secondary N) is 1. The van der Waals surface area contributed by atoms with Gasteiger partial charge in [-0.05, 0) is 30.5 Å². The average molecular weight is 337 g/mol. The number of aromatic nitrogens is 1. The van der Waals surface area contributed by atoms with Gasteiger partial charge in [-0.25, -0.2) is 0 Å². The van der Waals surface area contributed by atoms with Gasteiger partial charge in [0.2, 0.25) is 5.91 Å². The maximum atomic E-state index is 12.2. The van der Waals surface area contributed by atoms with Crippen LogP contribution < -0.4 is 5.32 Å².